The minimum absolute atomic E-state index is 0.0765. The summed E-state index contributed by atoms with van der Waals surface area (Å²) in [6, 6.07) is 16.0. The molecule has 2 aromatic rings. The Morgan fingerprint density at radius 2 is 1.96 bits per heavy atom. The zero-order valence-corrected chi connectivity index (χ0v) is 15.1. The fourth-order valence-electron chi connectivity index (χ4n) is 2.54. The van der Waals surface area contributed by atoms with Gasteiger partial charge in [0.25, 0.3) is 0 Å². The number of amides is 1. The Balaban J connectivity index is 1.90. The van der Waals surface area contributed by atoms with E-state index in [-0.39, 0.29) is 11.8 Å². The maximum Gasteiger partial charge on any atom is 0.220 e. The van der Waals surface area contributed by atoms with Crippen molar-refractivity contribution in [3.8, 4) is 5.75 Å². The molecule has 0 spiro atoms. The number of halogens is 1. The molecule has 0 aliphatic heterocycles. The van der Waals surface area contributed by atoms with Crippen LogP contribution >= 0.6 is 15.9 Å². The molecule has 2 rings (SSSR count). The van der Waals surface area contributed by atoms with Gasteiger partial charge in [0.1, 0.15) is 5.75 Å². The summed E-state index contributed by atoms with van der Waals surface area (Å²) < 4.78 is 6.10. The smallest absolute Gasteiger partial charge is 0.220 e. The molecule has 0 heterocycles. The maximum absolute atomic E-state index is 12.2. The van der Waals surface area contributed by atoms with Gasteiger partial charge in [0.15, 0.2) is 0 Å². The number of benzene rings is 2. The van der Waals surface area contributed by atoms with Crippen LogP contribution in [-0.2, 0) is 11.3 Å². The molecule has 1 N–H and O–H groups in total. The molecule has 4 heteroatoms. The van der Waals surface area contributed by atoms with Crippen molar-refractivity contribution in [2.24, 2.45) is 0 Å². The highest BCUT2D eigenvalue weighted by molar-refractivity contribution is 9.10. The minimum atomic E-state index is 0.0765. The van der Waals surface area contributed by atoms with Crippen molar-refractivity contribution in [1.82, 2.24) is 5.32 Å². The topological polar surface area (TPSA) is 38.3 Å². The number of rotatable bonds is 7. The van der Waals surface area contributed by atoms with Crippen LogP contribution in [-0.4, -0.2) is 13.0 Å². The molecule has 0 bridgehead atoms. The first-order chi connectivity index (χ1) is 11.1. The van der Waals surface area contributed by atoms with Crippen LogP contribution in [0.2, 0.25) is 0 Å². The van der Waals surface area contributed by atoms with Gasteiger partial charge in [0.2, 0.25) is 5.91 Å². The Hall–Kier alpha value is -1.81. The average Bonchev–Trinajstić information content (AvgIpc) is 2.58. The second kappa shape index (κ2) is 8.73. The predicted octanol–water partition coefficient (Wildman–Crippen LogP) is 4.66. The van der Waals surface area contributed by atoms with Crippen LogP contribution in [0.4, 0.5) is 0 Å². The molecule has 2 aromatic carbocycles. The van der Waals surface area contributed by atoms with E-state index < -0.39 is 0 Å². The largest absolute Gasteiger partial charge is 0.496 e. The number of carbonyl (C=O) groups is 1. The SMILES string of the molecule is CCC(CC(=O)NCc1ccc(OC)c(Br)c1)c1ccccc1. The van der Waals surface area contributed by atoms with Crippen LogP contribution in [0.25, 0.3) is 0 Å². The summed E-state index contributed by atoms with van der Waals surface area (Å²) in [5.74, 6) is 1.13. The highest BCUT2D eigenvalue weighted by atomic mass is 79.9. The summed E-state index contributed by atoms with van der Waals surface area (Å²) >= 11 is 3.46. The van der Waals surface area contributed by atoms with E-state index >= 15 is 0 Å². The van der Waals surface area contributed by atoms with Gasteiger partial charge in [0.05, 0.1) is 11.6 Å². The lowest BCUT2D eigenvalue weighted by Gasteiger charge is -2.15. The monoisotopic (exact) mass is 375 g/mol. The van der Waals surface area contributed by atoms with Crippen molar-refractivity contribution in [1.29, 1.82) is 0 Å². The zero-order chi connectivity index (χ0) is 16.7. The fourth-order valence-corrected chi connectivity index (χ4v) is 3.13. The molecule has 0 fully saturated rings. The second-order valence-corrected chi connectivity index (χ2v) is 6.32. The molecule has 23 heavy (non-hydrogen) atoms. The Labute approximate surface area is 146 Å². The second-order valence-electron chi connectivity index (χ2n) is 5.47. The lowest BCUT2D eigenvalue weighted by molar-refractivity contribution is -0.121. The van der Waals surface area contributed by atoms with Crippen LogP contribution in [0.5, 0.6) is 5.75 Å². The van der Waals surface area contributed by atoms with Crippen molar-refractivity contribution >= 4 is 21.8 Å². The van der Waals surface area contributed by atoms with Crippen LogP contribution in [0.1, 0.15) is 36.8 Å². The van der Waals surface area contributed by atoms with E-state index in [1.807, 2.05) is 36.4 Å². The lowest BCUT2D eigenvalue weighted by atomic mass is 9.93. The first kappa shape index (κ1) is 17.5. The quantitative estimate of drug-likeness (QED) is 0.764. The first-order valence-corrected chi connectivity index (χ1v) is 8.57. The van der Waals surface area contributed by atoms with Crippen molar-refractivity contribution in [3.63, 3.8) is 0 Å². The lowest BCUT2D eigenvalue weighted by Crippen LogP contribution is -2.24. The van der Waals surface area contributed by atoms with Gasteiger partial charge in [-0.05, 0) is 51.5 Å². The molecule has 0 radical (unpaired) electrons. The molecule has 1 amide bonds. The Morgan fingerprint density at radius 3 is 2.57 bits per heavy atom. The van der Waals surface area contributed by atoms with Crippen LogP contribution < -0.4 is 10.1 Å². The normalized spacial score (nSPS) is 11.8. The summed E-state index contributed by atoms with van der Waals surface area (Å²) in [5, 5.41) is 3.00. The average molecular weight is 376 g/mol. The number of hydrogen-bond donors (Lipinski definition) is 1. The van der Waals surface area contributed by atoms with Crippen molar-refractivity contribution in [2.75, 3.05) is 7.11 Å². The van der Waals surface area contributed by atoms with Gasteiger partial charge in [-0.3, -0.25) is 4.79 Å². The third kappa shape index (κ3) is 5.10. The van der Waals surface area contributed by atoms with Crippen molar-refractivity contribution in [2.45, 2.75) is 32.2 Å². The molecule has 0 aromatic heterocycles. The zero-order valence-electron chi connectivity index (χ0n) is 13.5. The van der Waals surface area contributed by atoms with Gasteiger partial charge >= 0.3 is 0 Å². The van der Waals surface area contributed by atoms with Gasteiger partial charge in [-0.25, -0.2) is 0 Å². The molecule has 1 atom stereocenters. The molecule has 0 saturated carbocycles. The minimum Gasteiger partial charge on any atom is -0.496 e. The van der Waals surface area contributed by atoms with Crippen LogP contribution in [0.15, 0.2) is 53.0 Å². The summed E-state index contributed by atoms with van der Waals surface area (Å²) in [6.07, 6.45) is 1.46. The van der Waals surface area contributed by atoms with E-state index in [0.29, 0.717) is 13.0 Å². The number of carbonyl (C=O) groups excluding carboxylic acids is 1. The maximum atomic E-state index is 12.2. The summed E-state index contributed by atoms with van der Waals surface area (Å²) in [5.41, 5.74) is 2.26. The summed E-state index contributed by atoms with van der Waals surface area (Å²) in [4.78, 5) is 12.2. The van der Waals surface area contributed by atoms with Crippen LogP contribution in [0.3, 0.4) is 0 Å². The van der Waals surface area contributed by atoms with Crippen molar-refractivity contribution < 1.29 is 9.53 Å². The highest BCUT2D eigenvalue weighted by Gasteiger charge is 2.14. The van der Waals surface area contributed by atoms with Gasteiger partial charge < -0.3 is 10.1 Å². The third-order valence-corrected chi connectivity index (χ3v) is 4.52. The van der Waals surface area contributed by atoms with E-state index in [9.17, 15) is 4.79 Å². The first-order valence-electron chi connectivity index (χ1n) is 7.78. The van der Waals surface area contributed by atoms with Crippen LogP contribution in [0, 0.1) is 0 Å². The molecule has 0 aliphatic rings. The third-order valence-electron chi connectivity index (χ3n) is 3.90. The number of nitrogens with one attached hydrogen (secondary N) is 1. The molecular formula is C19H22BrNO2. The van der Waals surface area contributed by atoms with Gasteiger partial charge in [-0.1, -0.05) is 43.3 Å². The van der Waals surface area contributed by atoms with E-state index in [0.717, 1.165) is 22.2 Å². The van der Waals surface area contributed by atoms with Gasteiger partial charge in [0, 0.05) is 13.0 Å². The summed E-state index contributed by atoms with van der Waals surface area (Å²) in [7, 11) is 1.63. The number of methoxy groups -OCH3 is 1. The van der Waals surface area contributed by atoms with E-state index in [4.69, 9.17) is 4.74 Å². The Morgan fingerprint density at radius 1 is 1.22 bits per heavy atom. The molecule has 0 aliphatic carbocycles. The molecular weight excluding hydrogens is 354 g/mol. The molecule has 3 nitrogen and oxygen atoms in total. The Bertz CT molecular complexity index is 643. The van der Waals surface area contributed by atoms with E-state index in [1.54, 1.807) is 7.11 Å². The van der Waals surface area contributed by atoms with Gasteiger partial charge in [-0.2, -0.15) is 0 Å². The molecule has 1 unspecified atom stereocenters. The number of hydrogen-bond acceptors (Lipinski definition) is 2. The summed E-state index contributed by atoms with van der Waals surface area (Å²) in [6.45, 7) is 2.64. The van der Waals surface area contributed by atoms with E-state index in [2.05, 4.69) is 40.3 Å². The standard InChI is InChI=1S/C19H22BrNO2/c1-3-15(16-7-5-4-6-8-16)12-19(22)21-13-14-9-10-18(23-2)17(20)11-14/h4-11,15H,3,12-13H2,1-2H3,(H,21,22). The predicted molar refractivity (Wildman–Crippen MR) is 96.6 cm³/mol. The van der Waals surface area contributed by atoms with Crippen molar-refractivity contribution in [3.05, 3.63) is 64.1 Å². The molecule has 122 valence electrons. The van der Waals surface area contributed by atoms with E-state index in [1.165, 1.54) is 5.56 Å². The van der Waals surface area contributed by atoms with Gasteiger partial charge in [-0.15, -0.1) is 0 Å². The number of ether oxygens (including phenoxy) is 1. The fraction of sp³-hybridized carbons (Fsp3) is 0.316. The highest BCUT2D eigenvalue weighted by Crippen LogP contribution is 2.26. The Kier molecular flexibility index (Phi) is 6.66. The molecule has 0 saturated heterocycles.